The summed E-state index contributed by atoms with van der Waals surface area (Å²) in [6.07, 6.45) is -2.73. The van der Waals surface area contributed by atoms with Gasteiger partial charge in [-0.05, 0) is 36.2 Å². The molecule has 6 nitrogen and oxygen atoms in total. The lowest BCUT2D eigenvalue weighted by Gasteiger charge is -2.44. The highest BCUT2D eigenvalue weighted by Gasteiger charge is 2.52. The first-order valence-electron chi connectivity index (χ1n) is 11.5. The monoisotopic (exact) mass is 471 g/mol. The molecule has 0 aromatic heterocycles. The Morgan fingerprint density at radius 2 is 1.42 bits per heavy atom. The van der Waals surface area contributed by atoms with Gasteiger partial charge in [0, 0.05) is 0 Å². The minimum atomic E-state index is -2.85. The van der Waals surface area contributed by atoms with Gasteiger partial charge in [-0.15, -0.1) is 0 Å². The van der Waals surface area contributed by atoms with Gasteiger partial charge >= 0.3 is 6.09 Å². The van der Waals surface area contributed by atoms with Crippen molar-refractivity contribution in [2.45, 2.75) is 70.4 Å². The Kier molecular flexibility index (Phi) is 7.38. The molecule has 1 aliphatic heterocycles. The van der Waals surface area contributed by atoms with E-state index in [1.807, 2.05) is 36.4 Å². The maximum Gasteiger partial charge on any atom is 0.410 e. The van der Waals surface area contributed by atoms with Crippen LogP contribution in [0.4, 0.5) is 4.79 Å². The Morgan fingerprint density at radius 3 is 1.85 bits per heavy atom. The van der Waals surface area contributed by atoms with E-state index in [4.69, 9.17) is 9.16 Å². The Bertz CT molecular complexity index is 884. The van der Waals surface area contributed by atoms with Crippen LogP contribution in [-0.2, 0) is 9.16 Å². The summed E-state index contributed by atoms with van der Waals surface area (Å²) in [4.78, 5) is 14.3. The molecule has 180 valence electrons. The van der Waals surface area contributed by atoms with E-state index in [0.717, 1.165) is 10.4 Å². The van der Waals surface area contributed by atoms with Crippen molar-refractivity contribution in [1.29, 1.82) is 0 Å². The number of benzene rings is 2. The number of carbonyl (C=O) groups is 1. The highest BCUT2D eigenvalue weighted by atomic mass is 28.4. The van der Waals surface area contributed by atoms with Gasteiger partial charge in [-0.1, -0.05) is 81.4 Å². The second-order valence-corrected chi connectivity index (χ2v) is 15.0. The average molecular weight is 472 g/mol. The first kappa shape index (κ1) is 25.4. The molecule has 3 rings (SSSR count). The third kappa shape index (κ3) is 5.32. The molecule has 1 fully saturated rings. The van der Waals surface area contributed by atoms with Gasteiger partial charge in [-0.3, -0.25) is 4.90 Å². The van der Waals surface area contributed by atoms with Crippen LogP contribution in [0.2, 0.25) is 5.04 Å². The van der Waals surface area contributed by atoms with Crippen molar-refractivity contribution in [1.82, 2.24) is 4.90 Å². The molecular weight excluding hydrogens is 434 g/mol. The standard InChI is InChI=1S/C26H37NO5Si/c1-25(2,3)32-24(30)27-17-22(28)23(29)21(27)18-31-33(26(4,5)6,19-13-9-7-10-14-19)20-15-11-8-12-16-20/h7-16,21-23,28-29H,17-18H2,1-6H3/t21-,22+,23-/m1/s1. The van der Waals surface area contributed by atoms with Crippen LogP contribution < -0.4 is 10.4 Å². The van der Waals surface area contributed by atoms with Crippen molar-refractivity contribution >= 4 is 24.8 Å². The summed E-state index contributed by atoms with van der Waals surface area (Å²) >= 11 is 0. The van der Waals surface area contributed by atoms with Gasteiger partial charge in [0.25, 0.3) is 8.32 Å². The van der Waals surface area contributed by atoms with Gasteiger partial charge in [-0.2, -0.15) is 0 Å². The molecule has 1 aliphatic rings. The van der Waals surface area contributed by atoms with Gasteiger partial charge in [0.15, 0.2) is 0 Å². The fourth-order valence-corrected chi connectivity index (χ4v) is 9.15. The van der Waals surface area contributed by atoms with Crippen molar-refractivity contribution in [3.63, 3.8) is 0 Å². The highest BCUT2D eigenvalue weighted by molar-refractivity contribution is 6.99. The molecule has 2 N–H and O–H groups in total. The molecule has 2 aromatic rings. The van der Waals surface area contributed by atoms with E-state index in [-0.39, 0.29) is 18.2 Å². The maximum atomic E-state index is 12.9. The van der Waals surface area contributed by atoms with Crippen LogP contribution in [0.1, 0.15) is 41.5 Å². The predicted octanol–water partition coefficient (Wildman–Crippen LogP) is 2.90. The normalized spacial score (nSPS) is 21.8. The Labute approximate surface area is 198 Å². The summed E-state index contributed by atoms with van der Waals surface area (Å²) in [5.74, 6) is 0. The minimum absolute atomic E-state index is 0.00482. The number of carbonyl (C=O) groups excluding carboxylic acids is 1. The average Bonchev–Trinajstić information content (AvgIpc) is 3.02. The lowest BCUT2D eigenvalue weighted by atomic mass is 10.1. The van der Waals surface area contributed by atoms with Gasteiger partial charge in [-0.25, -0.2) is 4.79 Å². The van der Waals surface area contributed by atoms with Crippen molar-refractivity contribution in [3.05, 3.63) is 60.7 Å². The van der Waals surface area contributed by atoms with Crippen molar-refractivity contribution in [2.75, 3.05) is 13.2 Å². The van der Waals surface area contributed by atoms with E-state index in [1.54, 1.807) is 20.8 Å². The molecule has 0 spiro atoms. The van der Waals surface area contributed by atoms with E-state index in [1.165, 1.54) is 4.90 Å². The van der Waals surface area contributed by atoms with E-state index >= 15 is 0 Å². The fourth-order valence-electron chi connectivity index (χ4n) is 4.58. The summed E-state index contributed by atoms with van der Waals surface area (Å²) in [7, 11) is -2.85. The first-order chi connectivity index (χ1) is 15.4. The molecule has 0 bridgehead atoms. The smallest absolute Gasteiger partial charge is 0.410 e. The van der Waals surface area contributed by atoms with Gasteiger partial charge in [0.2, 0.25) is 0 Å². The molecule has 1 amide bonds. The van der Waals surface area contributed by atoms with Crippen LogP contribution in [0, 0.1) is 0 Å². The van der Waals surface area contributed by atoms with Gasteiger partial charge in [0.1, 0.15) is 11.7 Å². The van der Waals surface area contributed by atoms with Gasteiger partial charge in [0.05, 0.1) is 25.3 Å². The summed E-state index contributed by atoms with van der Waals surface area (Å²) in [6.45, 7) is 12.0. The van der Waals surface area contributed by atoms with Crippen molar-refractivity contribution < 1.29 is 24.2 Å². The molecule has 33 heavy (non-hydrogen) atoms. The summed E-state index contributed by atoms with van der Waals surface area (Å²) < 4.78 is 12.4. The largest absolute Gasteiger partial charge is 0.444 e. The van der Waals surface area contributed by atoms with Crippen LogP contribution in [0.3, 0.4) is 0 Å². The number of nitrogens with zero attached hydrogens (tertiary/aromatic N) is 1. The Morgan fingerprint density at radius 1 is 0.939 bits per heavy atom. The van der Waals surface area contributed by atoms with Crippen LogP contribution >= 0.6 is 0 Å². The summed E-state index contributed by atoms with van der Waals surface area (Å²) in [5.41, 5.74) is -0.682. The van der Waals surface area contributed by atoms with Crippen LogP contribution in [0.5, 0.6) is 0 Å². The molecule has 0 unspecified atom stereocenters. The van der Waals surface area contributed by atoms with Crippen LogP contribution in [0.25, 0.3) is 0 Å². The SMILES string of the molecule is CC(C)(C)OC(=O)N1C[C@H](O)[C@H](O)[C@H]1CO[Si](c1ccccc1)(c1ccccc1)C(C)(C)C. The first-order valence-corrected chi connectivity index (χ1v) is 13.4. The number of hydrogen-bond acceptors (Lipinski definition) is 5. The van der Waals surface area contributed by atoms with Gasteiger partial charge < -0.3 is 19.4 Å². The Balaban J connectivity index is 2.00. The molecule has 3 atom stereocenters. The molecule has 1 saturated heterocycles. The summed E-state index contributed by atoms with van der Waals surface area (Å²) in [5, 5.41) is 23.1. The number of aliphatic hydroxyl groups excluding tert-OH is 2. The number of ether oxygens (including phenoxy) is 1. The molecule has 0 radical (unpaired) electrons. The fraction of sp³-hybridized carbons (Fsp3) is 0.500. The van der Waals surface area contributed by atoms with Crippen LogP contribution in [-0.4, -0.2) is 66.5 Å². The number of likely N-dealkylation sites (tertiary alicyclic amines) is 1. The number of hydrogen-bond donors (Lipinski definition) is 2. The highest BCUT2D eigenvalue weighted by Crippen LogP contribution is 2.37. The Hall–Kier alpha value is -2.19. The number of aliphatic hydroxyl groups is 2. The molecule has 2 aromatic carbocycles. The third-order valence-electron chi connectivity index (χ3n) is 6.09. The van der Waals surface area contributed by atoms with E-state index in [0.29, 0.717) is 0 Å². The number of rotatable bonds is 5. The molecule has 1 heterocycles. The second kappa shape index (κ2) is 9.58. The molecule has 7 heteroatoms. The topological polar surface area (TPSA) is 79.2 Å². The minimum Gasteiger partial charge on any atom is -0.444 e. The molecule has 0 saturated carbocycles. The van der Waals surface area contributed by atoms with Crippen molar-refractivity contribution in [2.24, 2.45) is 0 Å². The second-order valence-electron chi connectivity index (χ2n) is 10.7. The molecule has 0 aliphatic carbocycles. The van der Waals surface area contributed by atoms with E-state index < -0.39 is 38.3 Å². The summed E-state index contributed by atoms with van der Waals surface area (Å²) in [6, 6.07) is 19.7. The third-order valence-corrected chi connectivity index (χ3v) is 11.1. The van der Waals surface area contributed by atoms with Crippen molar-refractivity contribution in [3.8, 4) is 0 Å². The molecular formula is C26H37NO5Si. The lowest BCUT2D eigenvalue weighted by molar-refractivity contribution is 0.00361. The number of amides is 1. The lowest BCUT2D eigenvalue weighted by Crippen LogP contribution is -2.67. The van der Waals surface area contributed by atoms with Crippen LogP contribution in [0.15, 0.2) is 60.7 Å². The zero-order valence-corrected chi connectivity index (χ0v) is 21.5. The number of β-amino-alcohol motifs (C(OH)–C–C–N with tert-alkyl or cyclic N) is 1. The quantitative estimate of drug-likeness (QED) is 0.656. The zero-order chi connectivity index (χ0) is 24.4. The zero-order valence-electron chi connectivity index (χ0n) is 20.5. The maximum absolute atomic E-state index is 12.9. The van der Waals surface area contributed by atoms with E-state index in [9.17, 15) is 15.0 Å². The van der Waals surface area contributed by atoms with E-state index in [2.05, 4.69) is 45.0 Å². The predicted molar refractivity (Wildman–Crippen MR) is 132 cm³/mol.